The molecule has 6 heteroatoms. The molecule has 1 atom stereocenters. The molecule has 0 aliphatic rings. The van der Waals surface area contributed by atoms with Crippen LogP contribution >= 0.6 is 0 Å². The predicted octanol–water partition coefficient (Wildman–Crippen LogP) is 5.37. The summed E-state index contributed by atoms with van der Waals surface area (Å²) in [4.78, 5) is 16.6. The van der Waals surface area contributed by atoms with Crippen LogP contribution in [-0.4, -0.2) is 16.7 Å². The van der Waals surface area contributed by atoms with E-state index in [1.54, 1.807) is 6.20 Å². The Morgan fingerprint density at radius 2 is 1.77 bits per heavy atom. The summed E-state index contributed by atoms with van der Waals surface area (Å²) in [6.45, 7) is 7.81. The molecule has 0 spiro atoms. The SMILES string of the molecule is Cc1cnc([C@H](Cc2ccc(OCc3ccccc3)cc2)NC(=O)OC(C)(C)C)o1. The van der Waals surface area contributed by atoms with E-state index in [0.29, 0.717) is 24.7 Å². The van der Waals surface area contributed by atoms with Crippen LogP contribution in [0.1, 0.15) is 49.6 Å². The van der Waals surface area contributed by atoms with Gasteiger partial charge in [-0.2, -0.15) is 0 Å². The standard InChI is InChI=1S/C24H28N2O4/c1-17-15-25-22(29-17)21(26-23(27)30-24(2,3)4)14-18-10-12-20(13-11-18)28-16-19-8-6-5-7-9-19/h5-13,15,21H,14,16H2,1-4H3,(H,26,27)/t21-/m0/s1. The lowest BCUT2D eigenvalue weighted by Crippen LogP contribution is -2.35. The summed E-state index contributed by atoms with van der Waals surface area (Å²) in [5, 5.41) is 2.86. The molecule has 0 saturated heterocycles. The third kappa shape index (κ3) is 6.65. The highest BCUT2D eigenvalue weighted by Gasteiger charge is 2.24. The van der Waals surface area contributed by atoms with Crippen molar-refractivity contribution in [3.8, 4) is 5.75 Å². The summed E-state index contributed by atoms with van der Waals surface area (Å²) < 4.78 is 16.9. The summed E-state index contributed by atoms with van der Waals surface area (Å²) in [5.74, 6) is 1.92. The number of nitrogens with one attached hydrogen (secondary N) is 1. The molecule has 0 bridgehead atoms. The van der Waals surface area contributed by atoms with Crippen LogP contribution in [0.15, 0.2) is 65.2 Å². The number of oxazole rings is 1. The molecule has 3 rings (SSSR count). The van der Waals surface area contributed by atoms with Crippen molar-refractivity contribution < 1.29 is 18.7 Å². The van der Waals surface area contributed by atoms with Gasteiger partial charge in [-0.25, -0.2) is 9.78 Å². The quantitative estimate of drug-likeness (QED) is 0.569. The zero-order valence-electron chi connectivity index (χ0n) is 17.8. The van der Waals surface area contributed by atoms with Crippen LogP contribution in [-0.2, 0) is 17.8 Å². The first-order valence-electron chi connectivity index (χ1n) is 9.96. The van der Waals surface area contributed by atoms with E-state index in [-0.39, 0.29) is 0 Å². The Labute approximate surface area is 177 Å². The summed E-state index contributed by atoms with van der Waals surface area (Å²) in [6, 6.07) is 17.4. The van der Waals surface area contributed by atoms with Crippen molar-refractivity contribution in [2.45, 2.75) is 52.4 Å². The number of benzene rings is 2. The maximum absolute atomic E-state index is 12.3. The second-order valence-corrected chi connectivity index (χ2v) is 8.13. The summed E-state index contributed by atoms with van der Waals surface area (Å²) in [6.07, 6.45) is 1.64. The average molecular weight is 408 g/mol. The number of hydrogen-bond acceptors (Lipinski definition) is 5. The van der Waals surface area contributed by atoms with Gasteiger partial charge in [0, 0.05) is 6.42 Å². The molecule has 30 heavy (non-hydrogen) atoms. The van der Waals surface area contributed by atoms with Gasteiger partial charge in [-0.15, -0.1) is 0 Å². The van der Waals surface area contributed by atoms with Gasteiger partial charge in [-0.3, -0.25) is 0 Å². The first-order chi connectivity index (χ1) is 14.3. The van der Waals surface area contributed by atoms with E-state index in [9.17, 15) is 4.79 Å². The smallest absolute Gasteiger partial charge is 0.408 e. The number of alkyl carbamates (subject to hydrolysis) is 1. The molecule has 0 aliphatic carbocycles. The van der Waals surface area contributed by atoms with Gasteiger partial charge in [0.1, 0.15) is 29.8 Å². The molecule has 1 heterocycles. The molecular weight excluding hydrogens is 380 g/mol. The van der Waals surface area contributed by atoms with E-state index in [1.165, 1.54) is 0 Å². The molecule has 1 amide bonds. The fourth-order valence-corrected chi connectivity index (χ4v) is 2.88. The number of amides is 1. The molecular formula is C24H28N2O4. The number of carbonyl (C=O) groups is 1. The molecule has 0 radical (unpaired) electrons. The highest BCUT2D eigenvalue weighted by Crippen LogP contribution is 2.22. The van der Waals surface area contributed by atoms with Crippen LogP contribution < -0.4 is 10.1 Å². The van der Waals surface area contributed by atoms with E-state index in [2.05, 4.69) is 10.3 Å². The van der Waals surface area contributed by atoms with E-state index >= 15 is 0 Å². The Morgan fingerprint density at radius 3 is 2.37 bits per heavy atom. The van der Waals surface area contributed by atoms with Crippen molar-refractivity contribution in [3.05, 3.63) is 83.6 Å². The Bertz CT molecular complexity index is 943. The minimum Gasteiger partial charge on any atom is -0.489 e. The third-order valence-corrected chi connectivity index (χ3v) is 4.24. The van der Waals surface area contributed by atoms with E-state index in [1.807, 2.05) is 82.3 Å². The maximum Gasteiger partial charge on any atom is 0.408 e. The average Bonchev–Trinajstić information content (AvgIpc) is 3.13. The van der Waals surface area contributed by atoms with Crippen molar-refractivity contribution in [2.24, 2.45) is 0 Å². The van der Waals surface area contributed by atoms with Crippen LogP contribution in [0.3, 0.4) is 0 Å². The first-order valence-corrected chi connectivity index (χ1v) is 9.96. The van der Waals surface area contributed by atoms with Gasteiger partial charge in [0.05, 0.1) is 6.20 Å². The van der Waals surface area contributed by atoms with Gasteiger partial charge in [0.2, 0.25) is 5.89 Å². The maximum atomic E-state index is 12.3. The lowest BCUT2D eigenvalue weighted by atomic mass is 10.1. The van der Waals surface area contributed by atoms with Gasteiger partial charge in [0.25, 0.3) is 0 Å². The molecule has 0 unspecified atom stereocenters. The van der Waals surface area contributed by atoms with E-state index in [0.717, 1.165) is 16.9 Å². The van der Waals surface area contributed by atoms with Crippen LogP contribution in [0.4, 0.5) is 4.79 Å². The number of nitrogens with zero attached hydrogens (tertiary/aromatic N) is 1. The van der Waals surface area contributed by atoms with Gasteiger partial charge >= 0.3 is 6.09 Å². The predicted molar refractivity (Wildman–Crippen MR) is 114 cm³/mol. The van der Waals surface area contributed by atoms with E-state index in [4.69, 9.17) is 13.9 Å². The largest absolute Gasteiger partial charge is 0.489 e. The molecule has 3 aromatic rings. The minimum absolute atomic E-state index is 0.440. The zero-order chi connectivity index (χ0) is 21.6. The normalized spacial score (nSPS) is 12.3. The lowest BCUT2D eigenvalue weighted by Gasteiger charge is -2.22. The Hall–Kier alpha value is -3.28. The van der Waals surface area contributed by atoms with Gasteiger partial charge in [-0.1, -0.05) is 42.5 Å². The number of aryl methyl sites for hydroxylation is 1. The van der Waals surface area contributed by atoms with Crippen LogP contribution in [0.5, 0.6) is 5.75 Å². The zero-order valence-corrected chi connectivity index (χ0v) is 17.8. The molecule has 0 aliphatic heterocycles. The first kappa shape index (κ1) is 21.4. The van der Waals surface area contributed by atoms with Crippen molar-refractivity contribution in [2.75, 3.05) is 0 Å². The van der Waals surface area contributed by atoms with Crippen LogP contribution in [0.2, 0.25) is 0 Å². The van der Waals surface area contributed by atoms with Crippen molar-refractivity contribution in [1.82, 2.24) is 10.3 Å². The lowest BCUT2D eigenvalue weighted by molar-refractivity contribution is 0.0495. The Balaban J connectivity index is 1.65. The summed E-state index contributed by atoms with van der Waals surface area (Å²) in [7, 11) is 0. The van der Waals surface area contributed by atoms with Crippen LogP contribution in [0.25, 0.3) is 0 Å². The van der Waals surface area contributed by atoms with Gasteiger partial charge in [-0.05, 0) is 51.0 Å². The molecule has 0 saturated carbocycles. The third-order valence-electron chi connectivity index (χ3n) is 4.24. The molecule has 1 N–H and O–H groups in total. The summed E-state index contributed by atoms with van der Waals surface area (Å²) >= 11 is 0. The van der Waals surface area contributed by atoms with E-state index < -0.39 is 17.7 Å². The van der Waals surface area contributed by atoms with Crippen LogP contribution in [0, 0.1) is 6.92 Å². The molecule has 2 aromatic carbocycles. The van der Waals surface area contributed by atoms with Crippen molar-refractivity contribution >= 4 is 6.09 Å². The minimum atomic E-state index is -0.584. The van der Waals surface area contributed by atoms with Gasteiger partial charge < -0.3 is 19.2 Å². The second kappa shape index (κ2) is 9.48. The number of hydrogen-bond donors (Lipinski definition) is 1. The molecule has 6 nitrogen and oxygen atoms in total. The summed E-state index contributed by atoms with van der Waals surface area (Å²) in [5.41, 5.74) is 1.54. The fraction of sp³-hybridized carbons (Fsp3) is 0.333. The Morgan fingerprint density at radius 1 is 1.07 bits per heavy atom. The fourth-order valence-electron chi connectivity index (χ4n) is 2.88. The second-order valence-electron chi connectivity index (χ2n) is 8.13. The number of carbonyl (C=O) groups excluding carboxylic acids is 1. The van der Waals surface area contributed by atoms with Gasteiger partial charge in [0.15, 0.2) is 0 Å². The molecule has 1 aromatic heterocycles. The number of ether oxygens (including phenoxy) is 2. The van der Waals surface area contributed by atoms with Crippen molar-refractivity contribution in [3.63, 3.8) is 0 Å². The monoisotopic (exact) mass is 408 g/mol. The highest BCUT2D eigenvalue weighted by atomic mass is 16.6. The molecule has 158 valence electrons. The van der Waals surface area contributed by atoms with Crippen molar-refractivity contribution in [1.29, 1.82) is 0 Å². The highest BCUT2D eigenvalue weighted by molar-refractivity contribution is 5.68. The molecule has 0 fully saturated rings. The Kier molecular flexibility index (Phi) is 6.77. The number of aromatic nitrogens is 1. The number of rotatable bonds is 7. The topological polar surface area (TPSA) is 73.6 Å².